The summed E-state index contributed by atoms with van der Waals surface area (Å²) in [4.78, 5) is 23.2. The van der Waals surface area contributed by atoms with Gasteiger partial charge < -0.3 is 10.4 Å². The monoisotopic (exact) mass is 265 g/mol. The highest BCUT2D eigenvalue weighted by atomic mass is 19.1. The Bertz CT molecular complexity index is 486. The van der Waals surface area contributed by atoms with Gasteiger partial charge in [0.25, 0.3) is 0 Å². The van der Waals surface area contributed by atoms with Crippen LogP contribution in [0.5, 0.6) is 0 Å². The van der Waals surface area contributed by atoms with E-state index >= 15 is 0 Å². The zero-order valence-electron chi connectivity index (χ0n) is 10.6. The van der Waals surface area contributed by atoms with Gasteiger partial charge in [0.1, 0.15) is 5.82 Å². The smallest absolute Gasteiger partial charge is 0.307 e. The van der Waals surface area contributed by atoms with Crippen molar-refractivity contribution in [3.63, 3.8) is 0 Å². The van der Waals surface area contributed by atoms with Crippen LogP contribution in [0.15, 0.2) is 24.3 Å². The van der Waals surface area contributed by atoms with Gasteiger partial charge in [-0.1, -0.05) is 6.92 Å². The van der Waals surface area contributed by atoms with Gasteiger partial charge in [0.2, 0.25) is 5.91 Å². The molecular formula is C14H16FNO3. The number of carboxylic acid groups (broad SMARTS) is 1. The molecule has 0 aliphatic heterocycles. The molecule has 102 valence electrons. The molecule has 1 aliphatic carbocycles. The second-order valence-electron chi connectivity index (χ2n) is 5.12. The van der Waals surface area contributed by atoms with Crippen LogP contribution in [0.1, 0.15) is 19.8 Å². The molecule has 0 radical (unpaired) electrons. The topological polar surface area (TPSA) is 66.4 Å². The maximum atomic E-state index is 12.8. The zero-order chi connectivity index (χ0) is 14.0. The highest BCUT2D eigenvalue weighted by Crippen LogP contribution is 2.37. The summed E-state index contributed by atoms with van der Waals surface area (Å²) in [7, 11) is 0. The van der Waals surface area contributed by atoms with Crippen molar-refractivity contribution in [2.45, 2.75) is 19.8 Å². The Balaban J connectivity index is 2.06. The van der Waals surface area contributed by atoms with E-state index in [9.17, 15) is 14.0 Å². The molecule has 4 nitrogen and oxygen atoms in total. The Kier molecular flexibility index (Phi) is 3.83. The molecular weight excluding hydrogens is 249 g/mol. The third kappa shape index (κ3) is 3.10. The van der Waals surface area contributed by atoms with Crippen LogP contribution >= 0.6 is 0 Å². The first-order valence-corrected chi connectivity index (χ1v) is 6.26. The highest BCUT2D eigenvalue weighted by molar-refractivity contribution is 5.95. The van der Waals surface area contributed by atoms with Gasteiger partial charge in [0.15, 0.2) is 0 Å². The van der Waals surface area contributed by atoms with Gasteiger partial charge in [-0.15, -0.1) is 0 Å². The Hall–Kier alpha value is -1.91. The fraction of sp³-hybridized carbons (Fsp3) is 0.429. The average molecular weight is 265 g/mol. The Morgan fingerprint density at radius 1 is 1.21 bits per heavy atom. The molecule has 1 aromatic carbocycles. The van der Waals surface area contributed by atoms with Gasteiger partial charge in [-0.3, -0.25) is 9.59 Å². The van der Waals surface area contributed by atoms with Crippen molar-refractivity contribution in [2.24, 2.45) is 17.8 Å². The zero-order valence-corrected chi connectivity index (χ0v) is 10.6. The van der Waals surface area contributed by atoms with Crippen LogP contribution in [0.2, 0.25) is 0 Å². The van der Waals surface area contributed by atoms with Gasteiger partial charge in [0, 0.05) is 5.69 Å². The molecule has 0 aromatic heterocycles. The van der Waals surface area contributed by atoms with Crippen LogP contribution in [0, 0.1) is 23.6 Å². The van der Waals surface area contributed by atoms with Crippen molar-refractivity contribution < 1.29 is 19.1 Å². The summed E-state index contributed by atoms with van der Waals surface area (Å²) in [6.07, 6.45) is 1.10. The normalized spacial score (nSPS) is 26.1. The van der Waals surface area contributed by atoms with E-state index in [0.717, 1.165) is 0 Å². The number of hydrogen-bond acceptors (Lipinski definition) is 2. The number of nitrogens with one attached hydrogen (secondary N) is 1. The van der Waals surface area contributed by atoms with Crippen molar-refractivity contribution in [3.05, 3.63) is 30.1 Å². The predicted octanol–water partition coefficient (Wildman–Crippen LogP) is 2.51. The number of halogens is 1. The van der Waals surface area contributed by atoms with E-state index in [4.69, 9.17) is 5.11 Å². The lowest BCUT2D eigenvalue weighted by Gasteiger charge is -2.15. The van der Waals surface area contributed by atoms with E-state index in [1.54, 1.807) is 0 Å². The van der Waals surface area contributed by atoms with E-state index < -0.39 is 17.8 Å². The van der Waals surface area contributed by atoms with Crippen molar-refractivity contribution in [1.29, 1.82) is 0 Å². The van der Waals surface area contributed by atoms with Gasteiger partial charge in [-0.2, -0.15) is 0 Å². The third-order valence-electron chi connectivity index (χ3n) is 3.56. The molecule has 5 heteroatoms. The highest BCUT2D eigenvalue weighted by Gasteiger charge is 2.41. The van der Waals surface area contributed by atoms with E-state index in [-0.39, 0.29) is 17.6 Å². The summed E-state index contributed by atoms with van der Waals surface area (Å²) >= 11 is 0. The third-order valence-corrected chi connectivity index (χ3v) is 3.56. The van der Waals surface area contributed by atoms with E-state index in [1.165, 1.54) is 24.3 Å². The molecule has 19 heavy (non-hydrogen) atoms. The van der Waals surface area contributed by atoms with Gasteiger partial charge in [0.05, 0.1) is 11.8 Å². The minimum Gasteiger partial charge on any atom is -0.481 e. The molecule has 3 unspecified atom stereocenters. The summed E-state index contributed by atoms with van der Waals surface area (Å²) < 4.78 is 12.8. The van der Waals surface area contributed by atoms with Crippen LogP contribution < -0.4 is 5.32 Å². The van der Waals surface area contributed by atoms with E-state index in [1.807, 2.05) is 6.92 Å². The lowest BCUT2D eigenvalue weighted by molar-refractivity contribution is -0.145. The fourth-order valence-corrected chi connectivity index (χ4v) is 2.62. The molecule has 0 heterocycles. The first kappa shape index (κ1) is 13.5. The summed E-state index contributed by atoms with van der Waals surface area (Å²) in [6, 6.07) is 5.42. The largest absolute Gasteiger partial charge is 0.481 e. The summed E-state index contributed by atoms with van der Waals surface area (Å²) in [5.41, 5.74) is 0.482. The predicted molar refractivity (Wildman–Crippen MR) is 68.0 cm³/mol. The number of anilines is 1. The second-order valence-corrected chi connectivity index (χ2v) is 5.12. The first-order valence-electron chi connectivity index (χ1n) is 6.26. The van der Waals surface area contributed by atoms with Crippen molar-refractivity contribution in [2.75, 3.05) is 5.32 Å². The molecule has 0 saturated heterocycles. The summed E-state index contributed by atoms with van der Waals surface area (Å²) in [6.45, 7) is 1.95. The van der Waals surface area contributed by atoms with Gasteiger partial charge in [-0.25, -0.2) is 4.39 Å². The Morgan fingerprint density at radius 2 is 1.79 bits per heavy atom. The van der Waals surface area contributed by atoms with Crippen LogP contribution in [0.25, 0.3) is 0 Å². The first-order chi connectivity index (χ1) is 8.97. The maximum Gasteiger partial charge on any atom is 0.307 e. The van der Waals surface area contributed by atoms with Crippen molar-refractivity contribution >= 4 is 17.6 Å². The number of hydrogen-bond donors (Lipinski definition) is 2. The number of aliphatic carboxylic acids is 1. The quantitative estimate of drug-likeness (QED) is 0.882. The number of carboxylic acids is 1. The standard InChI is InChI=1S/C14H16FNO3/c1-8-6-11(12(7-8)14(18)19)13(17)16-10-4-2-9(15)3-5-10/h2-5,8,11-12H,6-7H2,1H3,(H,16,17)(H,18,19). The van der Waals surface area contributed by atoms with Gasteiger partial charge >= 0.3 is 5.97 Å². The molecule has 1 aliphatic rings. The van der Waals surface area contributed by atoms with Crippen LogP contribution in [-0.2, 0) is 9.59 Å². The Morgan fingerprint density at radius 3 is 2.37 bits per heavy atom. The minimum atomic E-state index is -0.927. The lowest BCUT2D eigenvalue weighted by Crippen LogP contribution is -2.29. The van der Waals surface area contributed by atoms with Crippen LogP contribution in [-0.4, -0.2) is 17.0 Å². The van der Waals surface area contributed by atoms with E-state index in [2.05, 4.69) is 5.32 Å². The number of benzene rings is 1. The van der Waals surface area contributed by atoms with Crippen molar-refractivity contribution in [3.8, 4) is 0 Å². The molecule has 1 aromatic rings. The molecule has 1 fully saturated rings. The molecule has 3 atom stereocenters. The summed E-state index contributed by atoms with van der Waals surface area (Å²) in [5.74, 6) is -2.53. The van der Waals surface area contributed by atoms with Crippen LogP contribution in [0.4, 0.5) is 10.1 Å². The number of carbonyl (C=O) groups excluding carboxylic acids is 1. The van der Waals surface area contributed by atoms with Crippen LogP contribution in [0.3, 0.4) is 0 Å². The number of amides is 1. The molecule has 0 spiro atoms. The summed E-state index contributed by atoms with van der Waals surface area (Å²) in [5, 5.41) is 11.8. The molecule has 0 bridgehead atoms. The average Bonchev–Trinajstić information content (AvgIpc) is 2.74. The SMILES string of the molecule is CC1CC(C(=O)O)C(C(=O)Nc2ccc(F)cc2)C1. The molecule has 2 N–H and O–H groups in total. The van der Waals surface area contributed by atoms with Gasteiger partial charge in [-0.05, 0) is 43.0 Å². The molecule has 1 amide bonds. The number of carbonyl (C=O) groups is 2. The minimum absolute atomic E-state index is 0.227. The second kappa shape index (κ2) is 5.38. The lowest BCUT2D eigenvalue weighted by atomic mass is 9.95. The number of rotatable bonds is 3. The molecule has 2 rings (SSSR count). The van der Waals surface area contributed by atoms with Crippen molar-refractivity contribution in [1.82, 2.24) is 0 Å². The Labute approximate surface area is 110 Å². The maximum absolute atomic E-state index is 12.8. The fourth-order valence-electron chi connectivity index (χ4n) is 2.62. The molecule has 1 saturated carbocycles. The van der Waals surface area contributed by atoms with E-state index in [0.29, 0.717) is 18.5 Å².